The van der Waals surface area contributed by atoms with E-state index < -0.39 is 5.41 Å². The number of benzene rings is 2. The predicted octanol–water partition coefficient (Wildman–Crippen LogP) is 4.17. The van der Waals surface area contributed by atoms with Gasteiger partial charge < -0.3 is 20.1 Å². The number of hydrogen-bond acceptors (Lipinski definition) is 4. The second-order valence-electron chi connectivity index (χ2n) is 6.73. The molecule has 0 bridgehead atoms. The van der Waals surface area contributed by atoms with Gasteiger partial charge in [-0.3, -0.25) is 4.79 Å². The summed E-state index contributed by atoms with van der Waals surface area (Å²) in [5.74, 6) is 1.62. The lowest BCUT2D eigenvalue weighted by Crippen LogP contribution is -2.27. The number of nitrogens with one attached hydrogen (secondary N) is 2. The van der Waals surface area contributed by atoms with Crippen LogP contribution in [0.2, 0.25) is 0 Å². The van der Waals surface area contributed by atoms with Gasteiger partial charge in [-0.15, -0.1) is 0 Å². The molecule has 25 heavy (non-hydrogen) atoms. The summed E-state index contributed by atoms with van der Waals surface area (Å²) in [6.45, 7) is 6.90. The smallest absolute Gasteiger partial charge is 0.229 e. The van der Waals surface area contributed by atoms with Crippen molar-refractivity contribution >= 4 is 17.3 Å². The van der Waals surface area contributed by atoms with Crippen LogP contribution in [0, 0.1) is 5.41 Å². The van der Waals surface area contributed by atoms with E-state index in [0.29, 0.717) is 13.2 Å². The summed E-state index contributed by atoms with van der Waals surface area (Å²) in [6.07, 6.45) is 0. The maximum atomic E-state index is 12.0. The summed E-state index contributed by atoms with van der Waals surface area (Å²) in [5, 5.41) is 6.19. The van der Waals surface area contributed by atoms with Crippen molar-refractivity contribution in [3.05, 3.63) is 48.5 Å². The molecule has 0 saturated carbocycles. The van der Waals surface area contributed by atoms with Gasteiger partial charge in [0, 0.05) is 23.3 Å². The van der Waals surface area contributed by atoms with Gasteiger partial charge in [0.05, 0.1) is 7.11 Å². The van der Waals surface area contributed by atoms with Crippen LogP contribution in [0.25, 0.3) is 0 Å². The molecule has 0 aliphatic rings. The minimum atomic E-state index is -0.407. The van der Waals surface area contributed by atoms with Gasteiger partial charge in [0.2, 0.25) is 5.91 Å². The first-order chi connectivity index (χ1) is 11.9. The Kier molecular flexibility index (Phi) is 6.28. The van der Waals surface area contributed by atoms with E-state index in [1.807, 2.05) is 69.3 Å². The molecule has 5 nitrogen and oxygen atoms in total. The fourth-order valence-corrected chi connectivity index (χ4v) is 2.03. The van der Waals surface area contributed by atoms with Crippen molar-refractivity contribution < 1.29 is 14.3 Å². The summed E-state index contributed by atoms with van der Waals surface area (Å²) >= 11 is 0. The topological polar surface area (TPSA) is 59.6 Å². The molecule has 2 aromatic rings. The number of anilines is 2. The molecule has 0 atom stereocenters. The molecular formula is C20H26N2O3. The van der Waals surface area contributed by atoms with Crippen molar-refractivity contribution in [2.75, 3.05) is 30.9 Å². The van der Waals surface area contributed by atoms with E-state index in [2.05, 4.69) is 10.6 Å². The Labute approximate surface area is 149 Å². The quantitative estimate of drug-likeness (QED) is 0.742. The number of ether oxygens (including phenoxy) is 2. The van der Waals surface area contributed by atoms with Gasteiger partial charge >= 0.3 is 0 Å². The zero-order valence-electron chi connectivity index (χ0n) is 15.3. The van der Waals surface area contributed by atoms with Crippen LogP contribution in [-0.2, 0) is 4.79 Å². The third kappa shape index (κ3) is 6.03. The van der Waals surface area contributed by atoms with E-state index in [-0.39, 0.29) is 5.91 Å². The molecule has 0 aliphatic heterocycles. The maximum Gasteiger partial charge on any atom is 0.229 e. The summed E-state index contributed by atoms with van der Waals surface area (Å²) in [4.78, 5) is 12.0. The minimum Gasteiger partial charge on any atom is -0.497 e. The van der Waals surface area contributed by atoms with Crippen molar-refractivity contribution in [3.8, 4) is 11.5 Å². The molecule has 134 valence electrons. The molecule has 2 rings (SSSR count). The molecule has 1 amide bonds. The molecule has 0 spiro atoms. The van der Waals surface area contributed by atoms with Crippen LogP contribution in [0.1, 0.15) is 20.8 Å². The number of carbonyl (C=O) groups is 1. The van der Waals surface area contributed by atoms with Gasteiger partial charge in [-0.1, -0.05) is 20.8 Å². The average molecular weight is 342 g/mol. The molecule has 0 radical (unpaired) electrons. The molecule has 0 aromatic heterocycles. The molecule has 2 aromatic carbocycles. The molecule has 0 fully saturated rings. The Morgan fingerprint density at radius 1 is 0.920 bits per heavy atom. The number of rotatable bonds is 7. The van der Waals surface area contributed by atoms with Crippen molar-refractivity contribution in [1.82, 2.24) is 0 Å². The Morgan fingerprint density at radius 2 is 1.48 bits per heavy atom. The van der Waals surface area contributed by atoms with Gasteiger partial charge in [-0.25, -0.2) is 0 Å². The number of methoxy groups -OCH3 is 1. The second-order valence-corrected chi connectivity index (χ2v) is 6.73. The van der Waals surface area contributed by atoms with Crippen LogP contribution in [0.15, 0.2) is 48.5 Å². The maximum absolute atomic E-state index is 12.0. The van der Waals surface area contributed by atoms with E-state index >= 15 is 0 Å². The van der Waals surface area contributed by atoms with E-state index in [0.717, 1.165) is 22.9 Å². The first-order valence-corrected chi connectivity index (χ1v) is 8.31. The Morgan fingerprint density at radius 3 is 2.04 bits per heavy atom. The Hall–Kier alpha value is -2.69. The standard InChI is InChI=1S/C20H26N2O3/c1-20(2,3)19(23)22-16-7-5-15(6-8-16)21-13-14-25-18-11-9-17(24-4)10-12-18/h5-12,21H,13-14H2,1-4H3,(H,22,23). The Bertz CT molecular complexity index is 674. The highest BCUT2D eigenvalue weighted by Crippen LogP contribution is 2.19. The van der Waals surface area contributed by atoms with E-state index in [1.165, 1.54) is 0 Å². The summed E-state index contributed by atoms with van der Waals surface area (Å²) < 4.78 is 10.8. The molecule has 0 aliphatic carbocycles. The number of carbonyl (C=O) groups excluding carboxylic acids is 1. The highest BCUT2D eigenvalue weighted by atomic mass is 16.5. The second kappa shape index (κ2) is 8.42. The lowest BCUT2D eigenvalue weighted by Gasteiger charge is -2.17. The third-order valence-electron chi connectivity index (χ3n) is 3.58. The molecular weight excluding hydrogens is 316 g/mol. The largest absolute Gasteiger partial charge is 0.497 e. The van der Waals surface area contributed by atoms with Crippen molar-refractivity contribution in [1.29, 1.82) is 0 Å². The lowest BCUT2D eigenvalue weighted by molar-refractivity contribution is -0.123. The van der Waals surface area contributed by atoms with E-state index in [4.69, 9.17) is 9.47 Å². The third-order valence-corrected chi connectivity index (χ3v) is 3.58. The normalized spacial score (nSPS) is 10.9. The number of hydrogen-bond donors (Lipinski definition) is 2. The molecule has 5 heteroatoms. The highest BCUT2D eigenvalue weighted by Gasteiger charge is 2.20. The van der Waals surface area contributed by atoms with Crippen molar-refractivity contribution in [2.45, 2.75) is 20.8 Å². The molecule has 2 N–H and O–H groups in total. The number of amides is 1. The highest BCUT2D eigenvalue weighted by molar-refractivity contribution is 5.94. The zero-order chi connectivity index (χ0) is 18.3. The first kappa shape index (κ1) is 18.6. The first-order valence-electron chi connectivity index (χ1n) is 8.31. The van der Waals surface area contributed by atoms with Gasteiger partial charge in [-0.2, -0.15) is 0 Å². The minimum absolute atomic E-state index is 0.00102. The average Bonchev–Trinajstić information content (AvgIpc) is 2.60. The zero-order valence-corrected chi connectivity index (χ0v) is 15.3. The lowest BCUT2D eigenvalue weighted by atomic mass is 9.95. The van der Waals surface area contributed by atoms with Crippen LogP contribution in [0.5, 0.6) is 11.5 Å². The van der Waals surface area contributed by atoms with E-state index in [9.17, 15) is 4.79 Å². The van der Waals surface area contributed by atoms with Crippen LogP contribution in [0.4, 0.5) is 11.4 Å². The predicted molar refractivity (Wildman–Crippen MR) is 102 cm³/mol. The van der Waals surface area contributed by atoms with Gasteiger partial charge in [-0.05, 0) is 48.5 Å². The monoisotopic (exact) mass is 342 g/mol. The van der Waals surface area contributed by atoms with Crippen LogP contribution in [-0.4, -0.2) is 26.2 Å². The fourth-order valence-electron chi connectivity index (χ4n) is 2.03. The summed E-state index contributed by atoms with van der Waals surface area (Å²) in [7, 11) is 1.64. The van der Waals surface area contributed by atoms with Crippen LogP contribution in [0.3, 0.4) is 0 Å². The molecule has 0 saturated heterocycles. The van der Waals surface area contributed by atoms with Crippen LogP contribution < -0.4 is 20.1 Å². The van der Waals surface area contributed by atoms with Gasteiger partial charge in [0.15, 0.2) is 0 Å². The van der Waals surface area contributed by atoms with Crippen LogP contribution >= 0.6 is 0 Å². The summed E-state index contributed by atoms with van der Waals surface area (Å²) in [5.41, 5.74) is 1.36. The van der Waals surface area contributed by atoms with Crippen molar-refractivity contribution in [2.24, 2.45) is 5.41 Å². The fraction of sp³-hybridized carbons (Fsp3) is 0.350. The molecule has 0 heterocycles. The summed E-state index contributed by atoms with van der Waals surface area (Å²) in [6, 6.07) is 15.1. The van der Waals surface area contributed by atoms with E-state index in [1.54, 1.807) is 7.11 Å². The van der Waals surface area contributed by atoms with Crippen molar-refractivity contribution in [3.63, 3.8) is 0 Å². The Balaban J connectivity index is 1.74. The van der Waals surface area contributed by atoms with Gasteiger partial charge in [0.25, 0.3) is 0 Å². The van der Waals surface area contributed by atoms with Gasteiger partial charge in [0.1, 0.15) is 18.1 Å². The molecule has 0 unspecified atom stereocenters. The SMILES string of the molecule is COc1ccc(OCCNc2ccc(NC(=O)C(C)(C)C)cc2)cc1.